The molecule has 2 rings (SSSR count). The molecule has 0 spiro atoms. The number of anilines is 1. The number of hydrogen-bond acceptors (Lipinski definition) is 3. The largest absolute Gasteiger partial charge is 0.437 e. The molecule has 0 unspecified atom stereocenters. The maximum atomic E-state index is 5.91. The standard InChI is InChI=1S/C16H19ClN2O/c1-10-5-6-11(16(2,3)4)13(9-10)20-15-12(18)7-8-14(17)19-15/h5-9H,18H2,1-4H3. The average Bonchev–Trinajstić information content (AvgIpc) is 2.32. The molecule has 0 aliphatic carbocycles. The fraction of sp³-hybridized carbons (Fsp3) is 0.312. The highest BCUT2D eigenvalue weighted by atomic mass is 35.5. The van der Waals surface area contributed by atoms with Crippen molar-refractivity contribution >= 4 is 17.3 Å². The van der Waals surface area contributed by atoms with E-state index in [2.05, 4.69) is 37.9 Å². The summed E-state index contributed by atoms with van der Waals surface area (Å²) in [4.78, 5) is 4.14. The van der Waals surface area contributed by atoms with Crippen molar-refractivity contribution in [1.29, 1.82) is 0 Å². The minimum atomic E-state index is -0.0314. The monoisotopic (exact) mass is 290 g/mol. The smallest absolute Gasteiger partial charge is 0.244 e. The first kappa shape index (κ1) is 14.7. The van der Waals surface area contributed by atoms with Crippen molar-refractivity contribution in [2.24, 2.45) is 0 Å². The van der Waals surface area contributed by atoms with E-state index >= 15 is 0 Å². The molecule has 3 nitrogen and oxygen atoms in total. The molecule has 0 bridgehead atoms. The van der Waals surface area contributed by atoms with Gasteiger partial charge in [0.2, 0.25) is 5.88 Å². The normalized spacial score (nSPS) is 11.4. The Morgan fingerprint density at radius 3 is 2.50 bits per heavy atom. The molecule has 0 atom stereocenters. The molecular formula is C16H19ClN2O. The van der Waals surface area contributed by atoms with E-state index in [0.717, 1.165) is 16.9 Å². The summed E-state index contributed by atoms with van der Waals surface area (Å²) in [7, 11) is 0. The Labute approximate surface area is 124 Å². The molecule has 0 amide bonds. The predicted octanol–water partition coefficient (Wildman–Crippen LogP) is 4.72. The molecule has 0 fully saturated rings. The van der Waals surface area contributed by atoms with Crippen molar-refractivity contribution in [3.05, 3.63) is 46.6 Å². The minimum Gasteiger partial charge on any atom is -0.437 e. The maximum absolute atomic E-state index is 5.91. The van der Waals surface area contributed by atoms with E-state index in [1.54, 1.807) is 12.1 Å². The Morgan fingerprint density at radius 2 is 1.85 bits per heavy atom. The third-order valence-electron chi connectivity index (χ3n) is 3.01. The number of aromatic nitrogens is 1. The SMILES string of the molecule is Cc1ccc(C(C)(C)C)c(Oc2nc(Cl)ccc2N)c1. The fourth-order valence-electron chi connectivity index (χ4n) is 1.95. The van der Waals surface area contributed by atoms with E-state index in [9.17, 15) is 0 Å². The number of nitrogens with two attached hydrogens (primary N) is 1. The summed E-state index contributed by atoms with van der Waals surface area (Å²) in [5, 5.41) is 0.360. The number of halogens is 1. The van der Waals surface area contributed by atoms with E-state index in [1.165, 1.54) is 0 Å². The van der Waals surface area contributed by atoms with Gasteiger partial charge in [0, 0.05) is 5.56 Å². The number of nitrogen functional groups attached to an aromatic ring is 1. The number of pyridine rings is 1. The zero-order valence-corrected chi connectivity index (χ0v) is 13.0. The van der Waals surface area contributed by atoms with Crippen molar-refractivity contribution in [1.82, 2.24) is 4.98 Å². The topological polar surface area (TPSA) is 48.1 Å². The summed E-state index contributed by atoms with van der Waals surface area (Å²) in [6, 6.07) is 9.47. The van der Waals surface area contributed by atoms with Gasteiger partial charge >= 0.3 is 0 Å². The van der Waals surface area contributed by atoms with Crippen LogP contribution < -0.4 is 10.5 Å². The second-order valence-electron chi connectivity index (χ2n) is 5.88. The number of benzene rings is 1. The van der Waals surface area contributed by atoms with Gasteiger partial charge in [-0.15, -0.1) is 0 Å². The number of rotatable bonds is 2. The molecule has 106 valence electrons. The van der Waals surface area contributed by atoms with Crippen molar-refractivity contribution in [3.8, 4) is 11.6 Å². The van der Waals surface area contributed by atoms with E-state index in [1.807, 2.05) is 13.0 Å². The van der Waals surface area contributed by atoms with Gasteiger partial charge in [-0.2, -0.15) is 4.98 Å². The van der Waals surface area contributed by atoms with Gasteiger partial charge in [0.15, 0.2) is 0 Å². The quantitative estimate of drug-likeness (QED) is 0.814. The second kappa shape index (κ2) is 5.33. The number of nitrogens with zero attached hydrogens (tertiary/aromatic N) is 1. The summed E-state index contributed by atoms with van der Waals surface area (Å²) in [5.41, 5.74) is 8.55. The van der Waals surface area contributed by atoms with Gasteiger partial charge in [-0.3, -0.25) is 0 Å². The Hall–Kier alpha value is -1.74. The maximum Gasteiger partial charge on any atom is 0.244 e. The number of hydrogen-bond donors (Lipinski definition) is 1. The molecule has 0 aliphatic rings. The number of ether oxygens (including phenoxy) is 1. The third-order valence-corrected chi connectivity index (χ3v) is 3.22. The summed E-state index contributed by atoms with van der Waals surface area (Å²) in [6.45, 7) is 8.44. The van der Waals surface area contributed by atoms with E-state index in [4.69, 9.17) is 22.1 Å². The molecule has 0 saturated carbocycles. The van der Waals surface area contributed by atoms with Gasteiger partial charge in [0.1, 0.15) is 10.9 Å². The van der Waals surface area contributed by atoms with Gasteiger partial charge in [0.25, 0.3) is 0 Å². The first-order chi connectivity index (χ1) is 9.27. The first-order valence-electron chi connectivity index (χ1n) is 6.48. The van der Waals surface area contributed by atoms with Gasteiger partial charge in [-0.05, 0) is 36.1 Å². The molecule has 4 heteroatoms. The number of aryl methyl sites for hydroxylation is 1. The average molecular weight is 291 g/mol. The molecule has 1 heterocycles. The minimum absolute atomic E-state index is 0.0314. The lowest BCUT2D eigenvalue weighted by atomic mass is 9.86. The van der Waals surface area contributed by atoms with Crippen LogP contribution in [-0.2, 0) is 5.41 Å². The van der Waals surface area contributed by atoms with Crippen molar-refractivity contribution < 1.29 is 4.74 Å². The third kappa shape index (κ3) is 3.23. The Bertz CT molecular complexity index is 633. The van der Waals surface area contributed by atoms with Crippen LogP contribution in [0.25, 0.3) is 0 Å². The lowest BCUT2D eigenvalue weighted by molar-refractivity contribution is 0.442. The summed E-state index contributed by atoms with van der Waals surface area (Å²) < 4.78 is 5.91. The summed E-state index contributed by atoms with van der Waals surface area (Å²) in [6.07, 6.45) is 0. The molecule has 0 radical (unpaired) electrons. The van der Waals surface area contributed by atoms with Crippen LogP contribution in [0.15, 0.2) is 30.3 Å². The van der Waals surface area contributed by atoms with Crippen LogP contribution in [0.5, 0.6) is 11.6 Å². The molecular weight excluding hydrogens is 272 g/mol. The second-order valence-corrected chi connectivity index (χ2v) is 6.27. The van der Waals surface area contributed by atoms with Crippen LogP contribution >= 0.6 is 11.6 Å². The van der Waals surface area contributed by atoms with Crippen LogP contribution in [0.4, 0.5) is 5.69 Å². The molecule has 2 N–H and O–H groups in total. The van der Waals surface area contributed by atoms with E-state index < -0.39 is 0 Å². The van der Waals surface area contributed by atoms with E-state index in [0.29, 0.717) is 16.7 Å². The van der Waals surface area contributed by atoms with Crippen molar-refractivity contribution in [2.45, 2.75) is 33.1 Å². The van der Waals surface area contributed by atoms with Crippen molar-refractivity contribution in [3.63, 3.8) is 0 Å². The van der Waals surface area contributed by atoms with Crippen LogP contribution in [0, 0.1) is 6.92 Å². The van der Waals surface area contributed by atoms with Gasteiger partial charge < -0.3 is 10.5 Å². The highest BCUT2D eigenvalue weighted by Gasteiger charge is 2.20. The first-order valence-corrected chi connectivity index (χ1v) is 6.86. The van der Waals surface area contributed by atoms with Crippen molar-refractivity contribution in [2.75, 3.05) is 5.73 Å². The molecule has 0 aliphatic heterocycles. The Balaban J connectivity index is 2.47. The van der Waals surface area contributed by atoms with Crippen LogP contribution in [0.3, 0.4) is 0 Å². The predicted molar refractivity (Wildman–Crippen MR) is 83.6 cm³/mol. The Morgan fingerprint density at radius 1 is 1.15 bits per heavy atom. The fourth-order valence-corrected chi connectivity index (χ4v) is 2.09. The summed E-state index contributed by atoms with van der Waals surface area (Å²) in [5.74, 6) is 1.10. The van der Waals surface area contributed by atoms with Gasteiger partial charge in [0.05, 0.1) is 5.69 Å². The molecule has 1 aromatic heterocycles. The van der Waals surface area contributed by atoms with Gasteiger partial charge in [-0.1, -0.05) is 44.5 Å². The molecule has 20 heavy (non-hydrogen) atoms. The van der Waals surface area contributed by atoms with Crippen LogP contribution in [-0.4, -0.2) is 4.98 Å². The highest BCUT2D eigenvalue weighted by molar-refractivity contribution is 6.29. The highest BCUT2D eigenvalue weighted by Crippen LogP contribution is 2.36. The Kier molecular flexibility index (Phi) is 3.91. The zero-order chi connectivity index (χ0) is 14.9. The van der Waals surface area contributed by atoms with E-state index in [-0.39, 0.29) is 5.41 Å². The zero-order valence-electron chi connectivity index (χ0n) is 12.2. The van der Waals surface area contributed by atoms with Crippen LogP contribution in [0.1, 0.15) is 31.9 Å². The summed E-state index contributed by atoms with van der Waals surface area (Å²) >= 11 is 5.90. The molecule has 0 saturated heterocycles. The lowest BCUT2D eigenvalue weighted by Crippen LogP contribution is -2.13. The molecule has 2 aromatic rings. The van der Waals surface area contributed by atoms with Gasteiger partial charge in [-0.25, -0.2) is 0 Å². The lowest BCUT2D eigenvalue weighted by Gasteiger charge is -2.23. The van der Waals surface area contributed by atoms with Crippen LogP contribution in [0.2, 0.25) is 5.15 Å². The molecule has 1 aromatic carbocycles.